The van der Waals surface area contributed by atoms with Gasteiger partial charge in [-0.25, -0.2) is 0 Å². The van der Waals surface area contributed by atoms with E-state index in [1.54, 1.807) is 18.7 Å². The second-order valence-electron chi connectivity index (χ2n) is 6.18. The van der Waals surface area contributed by atoms with E-state index in [-0.39, 0.29) is 11.8 Å². The maximum atomic E-state index is 12.4. The first-order valence-electron chi connectivity index (χ1n) is 7.30. The van der Waals surface area contributed by atoms with Crippen LogP contribution in [-0.2, 0) is 4.79 Å². The molecule has 1 N–H and O–H groups in total. The molecular weight excluding hydrogens is 250 g/mol. The summed E-state index contributed by atoms with van der Waals surface area (Å²) in [5.41, 5.74) is 1.59. The lowest BCUT2D eigenvalue weighted by atomic mass is 9.93. The van der Waals surface area contributed by atoms with E-state index in [1.807, 2.05) is 19.1 Å². The summed E-state index contributed by atoms with van der Waals surface area (Å²) in [5.74, 6) is 0.296. The minimum Gasteiger partial charge on any atom is -0.389 e. The number of amides is 1. The van der Waals surface area contributed by atoms with Gasteiger partial charge in [-0.1, -0.05) is 31.2 Å². The fourth-order valence-electron chi connectivity index (χ4n) is 2.48. The van der Waals surface area contributed by atoms with Crippen LogP contribution in [0.3, 0.4) is 0 Å². The molecule has 0 aliphatic carbocycles. The Morgan fingerprint density at radius 2 is 1.95 bits per heavy atom. The van der Waals surface area contributed by atoms with Crippen LogP contribution in [0.15, 0.2) is 24.3 Å². The molecule has 0 saturated heterocycles. The van der Waals surface area contributed by atoms with Crippen LogP contribution in [0.2, 0.25) is 0 Å². The van der Waals surface area contributed by atoms with Crippen molar-refractivity contribution >= 4 is 5.91 Å². The van der Waals surface area contributed by atoms with E-state index < -0.39 is 5.60 Å². The predicted octanol–water partition coefficient (Wildman–Crippen LogP) is 3.11. The van der Waals surface area contributed by atoms with Gasteiger partial charge in [0.15, 0.2) is 0 Å². The Hall–Kier alpha value is -1.35. The Morgan fingerprint density at radius 3 is 2.45 bits per heavy atom. The van der Waals surface area contributed by atoms with Crippen LogP contribution in [0.25, 0.3) is 0 Å². The fourth-order valence-corrected chi connectivity index (χ4v) is 2.48. The number of hydrogen-bond acceptors (Lipinski definition) is 2. The smallest absolute Gasteiger partial charge is 0.223 e. The third kappa shape index (κ3) is 4.97. The fraction of sp³-hybridized carbons (Fsp3) is 0.588. The van der Waals surface area contributed by atoms with Crippen molar-refractivity contribution in [1.29, 1.82) is 0 Å². The minimum absolute atomic E-state index is 0.102. The van der Waals surface area contributed by atoms with E-state index in [0.29, 0.717) is 19.5 Å². The van der Waals surface area contributed by atoms with Gasteiger partial charge in [-0.05, 0) is 44.7 Å². The molecule has 0 saturated carbocycles. The molecule has 0 radical (unpaired) electrons. The van der Waals surface area contributed by atoms with Crippen LogP contribution < -0.4 is 0 Å². The van der Waals surface area contributed by atoms with Gasteiger partial charge in [0, 0.05) is 19.5 Å². The molecule has 3 heteroatoms. The van der Waals surface area contributed by atoms with Crippen molar-refractivity contribution in [2.24, 2.45) is 0 Å². The molecule has 3 nitrogen and oxygen atoms in total. The highest BCUT2D eigenvalue weighted by Gasteiger charge is 2.23. The second kappa shape index (κ2) is 6.89. The quantitative estimate of drug-likeness (QED) is 0.868. The van der Waals surface area contributed by atoms with E-state index in [0.717, 1.165) is 0 Å². The van der Waals surface area contributed by atoms with Gasteiger partial charge in [0.1, 0.15) is 0 Å². The lowest BCUT2D eigenvalue weighted by Crippen LogP contribution is -2.42. The number of carbonyl (C=O) groups excluding carboxylic acids is 1. The van der Waals surface area contributed by atoms with Crippen molar-refractivity contribution in [3.05, 3.63) is 35.4 Å². The van der Waals surface area contributed by atoms with E-state index >= 15 is 0 Å². The van der Waals surface area contributed by atoms with Gasteiger partial charge in [0.05, 0.1) is 5.60 Å². The molecule has 0 fully saturated rings. The zero-order valence-corrected chi connectivity index (χ0v) is 13.3. The largest absolute Gasteiger partial charge is 0.389 e. The zero-order chi connectivity index (χ0) is 15.3. The summed E-state index contributed by atoms with van der Waals surface area (Å²) in [5, 5.41) is 9.87. The van der Waals surface area contributed by atoms with Crippen molar-refractivity contribution in [3.8, 4) is 0 Å². The zero-order valence-electron chi connectivity index (χ0n) is 13.3. The molecule has 1 aromatic rings. The lowest BCUT2D eigenvalue weighted by molar-refractivity contribution is -0.134. The molecule has 0 heterocycles. The summed E-state index contributed by atoms with van der Waals surface area (Å²) in [6.07, 6.45) is 0.481. The van der Waals surface area contributed by atoms with Crippen LogP contribution in [0.4, 0.5) is 0 Å². The van der Waals surface area contributed by atoms with Gasteiger partial charge in [0.25, 0.3) is 0 Å². The number of hydrogen-bond donors (Lipinski definition) is 1. The van der Waals surface area contributed by atoms with Gasteiger partial charge in [0.2, 0.25) is 5.91 Å². The summed E-state index contributed by atoms with van der Waals surface area (Å²) < 4.78 is 0. The number of aliphatic hydroxyl groups is 1. The average Bonchev–Trinajstić information content (AvgIpc) is 2.35. The molecule has 0 aliphatic rings. The van der Waals surface area contributed by atoms with Crippen LogP contribution in [0, 0.1) is 6.92 Å². The monoisotopic (exact) mass is 277 g/mol. The molecule has 0 bridgehead atoms. The Morgan fingerprint density at radius 1 is 1.35 bits per heavy atom. The second-order valence-corrected chi connectivity index (χ2v) is 6.18. The molecular formula is C17H27NO2. The first kappa shape index (κ1) is 16.7. The molecule has 1 unspecified atom stereocenters. The molecule has 0 aliphatic heterocycles. The number of nitrogens with zero attached hydrogens (tertiary/aromatic N) is 1. The van der Waals surface area contributed by atoms with Gasteiger partial charge in [-0.15, -0.1) is 0 Å². The maximum absolute atomic E-state index is 12.4. The van der Waals surface area contributed by atoms with Crippen LogP contribution in [-0.4, -0.2) is 34.6 Å². The van der Waals surface area contributed by atoms with E-state index in [2.05, 4.69) is 26.0 Å². The Balaban J connectivity index is 2.71. The first-order valence-corrected chi connectivity index (χ1v) is 7.30. The number of rotatable bonds is 6. The predicted molar refractivity (Wildman–Crippen MR) is 82.8 cm³/mol. The molecule has 0 aromatic heterocycles. The molecule has 20 heavy (non-hydrogen) atoms. The Kier molecular flexibility index (Phi) is 5.75. The molecule has 1 atom stereocenters. The van der Waals surface area contributed by atoms with Crippen molar-refractivity contribution in [2.75, 3.05) is 13.1 Å². The first-order chi connectivity index (χ1) is 9.24. The average molecular weight is 277 g/mol. The van der Waals surface area contributed by atoms with Crippen LogP contribution in [0.1, 0.15) is 51.2 Å². The van der Waals surface area contributed by atoms with Crippen molar-refractivity contribution in [1.82, 2.24) is 4.90 Å². The number of aryl methyl sites for hydroxylation is 1. The normalized spacial score (nSPS) is 13.1. The third-order valence-corrected chi connectivity index (χ3v) is 3.51. The highest BCUT2D eigenvalue weighted by Crippen LogP contribution is 2.23. The topological polar surface area (TPSA) is 40.5 Å². The molecule has 0 spiro atoms. The summed E-state index contributed by atoms with van der Waals surface area (Å²) in [6, 6.07) is 8.18. The van der Waals surface area contributed by atoms with Gasteiger partial charge in [-0.2, -0.15) is 0 Å². The summed E-state index contributed by atoms with van der Waals surface area (Å²) >= 11 is 0. The molecule has 1 rings (SSSR count). The van der Waals surface area contributed by atoms with Gasteiger partial charge >= 0.3 is 0 Å². The summed E-state index contributed by atoms with van der Waals surface area (Å²) in [4.78, 5) is 14.1. The highest BCUT2D eigenvalue weighted by atomic mass is 16.3. The third-order valence-electron chi connectivity index (χ3n) is 3.51. The molecule has 1 amide bonds. The van der Waals surface area contributed by atoms with E-state index in [9.17, 15) is 9.90 Å². The Labute approximate surface area is 122 Å². The highest BCUT2D eigenvalue weighted by molar-refractivity contribution is 5.77. The molecule has 112 valence electrons. The van der Waals surface area contributed by atoms with Crippen molar-refractivity contribution < 1.29 is 9.90 Å². The maximum Gasteiger partial charge on any atom is 0.223 e. The van der Waals surface area contributed by atoms with Crippen molar-refractivity contribution in [2.45, 2.75) is 52.6 Å². The summed E-state index contributed by atoms with van der Waals surface area (Å²) in [7, 11) is 0. The number of likely N-dealkylation sites (N-methyl/N-ethyl adjacent to an activating group) is 1. The van der Waals surface area contributed by atoms with Gasteiger partial charge in [-0.3, -0.25) is 4.79 Å². The van der Waals surface area contributed by atoms with Crippen molar-refractivity contribution in [3.63, 3.8) is 0 Å². The standard InChI is InChI=1S/C17H27NO2/c1-6-18(12-17(4,5)20)16(19)11-14(3)15-10-8-7-9-13(15)2/h7-10,14,20H,6,11-12H2,1-5H3. The lowest BCUT2D eigenvalue weighted by Gasteiger charge is -2.29. The Bertz CT molecular complexity index is 449. The summed E-state index contributed by atoms with van der Waals surface area (Å²) in [6.45, 7) is 10.6. The minimum atomic E-state index is -0.850. The van der Waals surface area contributed by atoms with Crippen LogP contribution in [0.5, 0.6) is 0 Å². The SMILES string of the molecule is CCN(CC(C)(C)O)C(=O)CC(C)c1ccccc1C. The molecule has 1 aromatic carbocycles. The number of carbonyl (C=O) groups is 1. The van der Waals surface area contributed by atoms with E-state index in [4.69, 9.17) is 0 Å². The van der Waals surface area contributed by atoms with Gasteiger partial charge < -0.3 is 10.0 Å². The van der Waals surface area contributed by atoms with Crippen LogP contribution >= 0.6 is 0 Å². The van der Waals surface area contributed by atoms with E-state index in [1.165, 1.54) is 11.1 Å². The number of benzene rings is 1.